The van der Waals surface area contributed by atoms with Crippen molar-refractivity contribution in [1.82, 2.24) is 0 Å². The van der Waals surface area contributed by atoms with Gasteiger partial charge in [-0.25, -0.2) is 0 Å². The van der Waals surface area contributed by atoms with E-state index >= 15 is 0 Å². The van der Waals surface area contributed by atoms with Crippen LogP contribution in [0.3, 0.4) is 0 Å². The Kier molecular flexibility index (Phi) is 8.03. The van der Waals surface area contributed by atoms with Crippen molar-refractivity contribution in [2.45, 2.75) is 83.6 Å². The number of rotatable bonds is 9. The van der Waals surface area contributed by atoms with E-state index in [1.54, 1.807) is 20.8 Å². The zero-order valence-electron chi connectivity index (χ0n) is 12.3. The van der Waals surface area contributed by atoms with Crippen LogP contribution in [0.4, 0.5) is 0 Å². The first-order chi connectivity index (χ1) is 8.28. The second-order valence-corrected chi connectivity index (χ2v) is 5.55. The third-order valence-electron chi connectivity index (χ3n) is 4.04. The molecule has 0 aliphatic heterocycles. The van der Waals surface area contributed by atoms with Crippen molar-refractivity contribution in [1.29, 1.82) is 0 Å². The first kappa shape index (κ1) is 17.8. The molecule has 0 spiro atoms. The van der Waals surface area contributed by atoms with Gasteiger partial charge in [-0.05, 0) is 27.2 Å². The lowest BCUT2D eigenvalue weighted by Gasteiger charge is -2.43. The van der Waals surface area contributed by atoms with Crippen molar-refractivity contribution >= 4 is 0 Å². The van der Waals surface area contributed by atoms with Crippen LogP contribution < -0.4 is 5.73 Å². The highest BCUT2D eigenvalue weighted by atomic mass is 16.3. The fraction of sp³-hybridized carbons (Fsp3) is 1.00. The lowest BCUT2D eigenvalue weighted by atomic mass is 9.72. The molecule has 0 aromatic rings. The van der Waals surface area contributed by atoms with Gasteiger partial charge < -0.3 is 21.1 Å². The second kappa shape index (κ2) is 8.10. The summed E-state index contributed by atoms with van der Waals surface area (Å²) >= 11 is 0. The Labute approximate surface area is 111 Å². The number of nitrogens with two attached hydrogens (primary N) is 1. The summed E-state index contributed by atoms with van der Waals surface area (Å²) < 4.78 is 0. The summed E-state index contributed by atoms with van der Waals surface area (Å²) in [6.07, 6.45) is 2.74. The first-order valence-corrected chi connectivity index (χ1v) is 7.11. The molecule has 4 atom stereocenters. The summed E-state index contributed by atoms with van der Waals surface area (Å²) in [5.41, 5.74) is 5.03. The lowest BCUT2D eigenvalue weighted by molar-refractivity contribution is -0.0641. The van der Waals surface area contributed by atoms with E-state index in [1.165, 1.54) is 0 Å². The quantitative estimate of drug-likeness (QED) is 0.473. The largest absolute Gasteiger partial charge is 0.393 e. The Morgan fingerprint density at radius 2 is 1.44 bits per heavy atom. The normalized spacial score (nSPS) is 22.0. The maximum Gasteiger partial charge on any atom is 0.0728 e. The molecule has 4 unspecified atom stereocenters. The molecule has 18 heavy (non-hydrogen) atoms. The van der Waals surface area contributed by atoms with Crippen molar-refractivity contribution in [3.05, 3.63) is 0 Å². The minimum atomic E-state index is -1.15. The molecular weight excluding hydrogens is 230 g/mol. The van der Waals surface area contributed by atoms with Gasteiger partial charge in [0.2, 0.25) is 0 Å². The van der Waals surface area contributed by atoms with Gasteiger partial charge in [0.15, 0.2) is 0 Å². The molecule has 0 bridgehead atoms. The van der Waals surface area contributed by atoms with Gasteiger partial charge in [-0.15, -0.1) is 0 Å². The molecule has 0 saturated heterocycles. The third-order valence-corrected chi connectivity index (χ3v) is 4.04. The van der Waals surface area contributed by atoms with Crippen LogP contribution in [0.15, 0.2) is 0 Å². The smallest absolute Gasteiger partial charge is 0.0728 e. The van der Waals surface area contributed by atoms with Crippen molar-refractivity contribution in [3.63, 3.8) is 0 Å². The van der Waals surface area contributed by atoms with Gasteiger partial charge in [0.1, 0.15) is 0 Å². The van der Waals surface area contributed by atoms with Gasteiger partial charge in [0.25, 0.3) is 0 Å². The number of hydrogen-bond acceptors (Lipinski definition) is 4. The van der Waals surface area contributed by atoms with E-state index in [4.69, 9.17) is 5.73 Å². The highest BCUT2D eigenvalue weighted by molar-refractivity contribution is 5.01. The van der Waals surface area contributed by atoms with E-state index < -0.39 is 23.9 Å². The maximum absolute atomic E-state index is 9.90. The van der Waals surface area contributed by atoms with Crippen LogP contribution in [0.1, 0.15) is 59.8 Å². The molecule has 0 aliphatic rings. The average molecular weight is 261 g/mol. The number of hydrogen-bond donors (Lipinski definition) is 4. The standard InChI is InChI=1S/C14H31NO3/c1-5-6-7-8-9-13(10(2)16)14(15,11(3)17)12(4)18/h10-13,16-18H,5-9,15H2,1-4H3. The van der Waals surface area contributed by atoms with Crippen LogP contribution in [-0.4, -0.2) is 39.2 Å². The van der Waals surface area contributed by atoms with Gasteiger partial charge >= 0.3 is 0 Å². The summed E-state index contributed by atoms with van der Waals surface area (Å²) in [6.45, 7) is 6.98. The lowest BCUT2D eigenvalue weighted by Crippen LogP contribution is -2.64. The van der Waals surface area contributed by atoms with Gasteiger partial charge in [0, 0.05) is 5.92 Å². The zero-order chi connectivity index (χ0) is 14.3. The van der Waals surface area contributed by atoms with Crippen LogP contribution in [0.25, 0.3) is 0 Å². The van der Waals surface area contributed by atoms with Crippen LogP contribution in [0.5, 0.6) is 0 Å². The maximum atomic E-state index is 9.90. The zero-order valence-corrected chi connectivity index (χ0v) is 12.3. The Bertz CT molecular complexity index is 209. The minimum Gasteiger partial charge on any atom is -0.393 e. The van der Waals surface area contributed by atoms with Crippen LogP contribution in [0.2, 0.25) is 0 Å². The van der Waals surface area contributed by atoms with Crippen LogP contribution >= 0.6 is 0 Å². The third kappa shape index (κ3) is 4.50. The van der Waals surface area contributed by atoms with Gasteiger partial charge in [0.05, 0.1) is 23.9 Å². The summed E-state index contributed by atoms with van der Waals surface area (Å²) in [6, 6.07) is 0. The van der Waals surface area contributed by atoms with E-state index in [0.29, 0.717) is 0 Å². The van der Waals surface area contributed by atoms with E-state index in [0.717, 1.165) is 32.1 Å². The van der Waals surface area contributed by atoms with Crippen molar-refractivity contribution < 1.29 is 15.3 Å². The van der Waals surface area contributed by atoms with Gasteiger partial charge in [-0.3, -0.25) is 0 Å². The van der Waals surface area contributed by atoms with Crippen LogP contribution in [-0.2, 0) is 0 Å². The number of unbranched alkanes of at least 4 members (excludes halogenated alkanes) is 3. The number of aliphatic hydroxyl groups excluding tert-OH is 3. The van der Waals surface area contributed by atoms with Crippen molar-refractivity contribution in [2.24, 2.45) is 11.7 Å². The summed E-state index contributed by atoms with van der Waals surface area (Å²) in [5, 5.41) is 29.6. The Morgan fingerprint density at radius 1 is 0.944 bits per heavy atom. The number of aliphatic hydroxyl groups is 3. The molecule has 0 aromatic heterocycles. The fourth-order valence-electron chi connectivity index (χ4n) is 2.67. The molecule has 0 saturated carbocycles. The van der Waals surface area contributed by atoms with Crippen LogP contribution in [0, 0.1) is 5.92 Å². The Balaban J connectivity index is 4.73. The molecule has 0 rings (SSSR count). The molecule has 0 aromatic carbocycles. The summed E-state index contributed by atoms with van der Waals surface area (Å²) in [5.74, 6) is -0.297. The molecule has 0 amide bonds. The fourth-order valence-corrected chi connectivity index (χ4v) is 2.67. The Morgan fingerprint density at radius 3 is 1.78 bits per heavy atom. The molecular formula is C14H31NO3. The average Bonchev–Trinajstić information content (AvgIpc) is 2.27. The molecule has 110 valence electrons. The summed E-state index contributed by atoms with van der Waals surface area (Å²) in [7, 11) is 0. The molecule has 0 aliphatic carbocycles. The van der Waals surface area contributed by atoms with E-state index in [-0.39, 0.29) is 5.92 Å². The predicted molar refractivity (Wildman–Crippen MR) is 74.2 cm³/mol. The monoisotopic (exact) mass is 261 g/mol. The molecule has 0 radical (unpaired) electrons. The molecule has 0 fully saturated rings. The summed E-state index contributed by atoms with van der Waals surface area (Å²) in [4.78, 5) is 0. The Hall–Kier alpha value is -0.160. The molecule has 4 heteroatoms. The highest BCUT2D eigenvalue weighted by Gasteiger charge is 2.45. The molecule has 0 heterocycles. The second-order valence-electron chi connectivity index (χ2n) is 5.55. The van der Waals surface area contributed by atoms with E-state index in [9.17, 15) is 15.3 Å². The van der Waals surface area contributed by atoms with E-state index in [1.807, 2.05) is 0 Å². The minimum absolute atomic E-state index is 0.297. The predicted octanol–water partition coefficient (Wildman–Crippen LogP) is 1.41. The van der Waals surface area contributed by atoms with Gasteiger partial charge in [-0.2, -0.15) is 0 Å². The van der Waals surface area contributed by atoms with Crippen molar-refractivity contribution in [3.8, 4) is 0 Å². The van der Waals surface area contributed by atoms with E-state index in [2.05, 4.69) is 6.92 Å². The topological polar surface area (TPSA) is 86.7 Å². The van der Waals surface area contributed by atoms with Gasteiger partial charge in [-0.1, -0.05) is 32.6 Å². The highest BCUT2D eigenvalue weighted by Crippen LogP contribution is 2.31. The van der Waals surface area contributed by atoms with Crippen molar-refractivity contribution in [2.75, 3.05) is 0 Å². The molecule has 4 nitrogen and oxygen atoms in total. The first-order valence-electron chi connectivity index (χ1n) is 7.11. The SMILES string of the molecule is CCCCCCC(C(C)O)C(N)(C(C)O)C(C)O. The molecule has 5 N–H and O–H groups in total.